The molecule has 0 radical (unpaired) electrons. The molecular weight excluding hydrogens is 238 g/mol. The van der Waals surface area contributed by atoms with Crippen LogP contribution in [0, 0.1) is 5.82 Å². The summed E-state index contributed by atoms with van der Waals surface area (Å²) in [4.78, 5) is 0. The number of halogens is 4. The molecule has 6 heteroatoms. The van der Waals surface area contributed by atoms with Crippen molar-refractivity contribution in [3.8, 4) is 0 Å². The van der Waals surface area contributed by atoms with Crippen LogP contribution in [0.3, 0.4) is 0 Å². The largest absolute Gasteiger partial charge is 0.416 e. The molecule has 17 heavy (non-hydrogen) atoms. The first kappa shape index (κ1) is 12.2. The predicted molar refractivity (Wildman–Crippen MR) is 54.2 cm³/mol. The quantitative estimate of drug-likeness (QED) is 0.813. The van der Waals surface area contributed by atoms with Crippen LogP contribution < -0.4 is 5.32 Å². The Labute approximate surface area is 95.6 Å². The number of hydrogen-bond donors (Lipinski definition) is 1. The molecule has 1 aromatic rings. The number of ether oxygens (including phenoxy) is 1. The normalized spacial score (nSPS) is 20.6. The summed E-state index contributed by atoms with van der Waals surface area (Å²) in [6.45, 7) is 0.925. The van der Waals surface area contributed by atoms with Crippen LogP contribution in [0.1, 0.15) is 12.0 Å². The maximum Gasteiger partial charge on any atom is 0.416 e. The molecule has 1 saturated heterocycles. The maximum atomic E-state index is 13.3. The molecule has 94 valence electrons. The molecule has 0 aromatic heterocycles. The van der Waals surface area contributed by atoms with Crippen molar-refractivity contribution in [3.63, 3.8) is 0 Å². The van der Waals surface area contributed by atoms with E-state index in [-0.39, 0.29) is 11.7 Å². The van der Waals surface area contributed by atoms with Gasteiger partial charge in [-0.05, 0) is 24.6 Å². The van der Waals surface area contributed by atoms with E-state index < -0.39 is 17.6 Å². The summed E-state index contributed by atoms with van der Waals surface area (Å²) in [5.74, 6) is -0.690. The van der Waals surface area contributed by atoms with Crippen LogP contribution in [0.4, 0.5) is 23.2 Å². The maximum absolute atomic E-state index is 13.3. The molecule has 2 nitrogen and oxygen atoms in total. The zero-order valence-electron chi connectivity index (χ0n) is 8.85. The van der Waals surface area contributed by atoms with Gasteiger partial charge in [0, 0.05) is 6.61 Å². The molecule has 1 fully saturated rings. The molecule has 0 bridgehead atoms. The Bertz CT molecular complexity index is 399. The molecule has 2 rings (SSSR count). The molecule has 1 aliphatic heterocycles. The molecule has 1 unspecified atom stereocenters. The summed E-state index contributed by atoms with van der Waals surface area (Å²) in [5.41, 5.74) is -0.990. The molecule has 1 aromatic carbocycles. The molecule has 0 spiro atoms. The second kappa shape index (κ2) is 4.52. The number of nitrogens with one attached hydrogen (secondary N) is 1. The van der Waals surface area contributed by atoms with Crippen LogP contribution in [0.15, 0.2) is 18.2 Å². The van der Waals surface area contributed by atoms with Gasteiger partial charge in [0.1, 0.15) is 5.82 Å². The Morgan fingerprint density at radius 3 is 2.65 bits per heavy atom. The number of hydrogen-bond acceptors (Lipinski definition) is 2. The summed E-state index contributed by atoms with van der Waals surface area (Å²) in [6, 6.07) is 2.20. The standard InChI is InChI=1S/C11H11F4NO/c12-9-2-1-7(11(13,14)15)5-10(9)16-8-3-4-17-6-8/h1-2,5,8,16H,3-4,6H2. The highest BCUT2D eigenvalue weighted by Gasteiger charge is 2.31. The molecule has 1 N–H and O–H groups in total. The average Bonchev–Trinajstić information content (AvgIpc) is 2.72. The molecule has 1 atom stereocenters. The van der Waals surface area contributed by atoms with Gasteiger partial charge in [0.25, 0.3) is 0 Å². The first-order valence-corrected chi connectivity index (χ1v) is 5.18. The van der Waals surface area contributed by atoms with Crippen molar-refractivity contribution in [1.29, 1.82) is 0 Å². The highest BCUT2D eigenvalue weighted by Crippen LogP contribution is 2.32. The molecule has 1 aliphatic rings. The lowest BCUT2D eigenvalue weighted by Gasteiger charge is -2.15. The van der Waals surface area contributed by atoms with Gasteiger partial charge in [0.15, 0.2) is 0 Å². The van der Waals surface area contributed by atoms with Crippen LogP contribution in [0.5, 0.6) is 0 Å². The topological polar surface area (TPSA) is 21.3 Å². The van der Waals surface area contributed by atoms with Crippen LogP contribution in [-0.4, -0.2) is 19.3 Å². The van der Waals surface area contributed by atoms with Gasteiger partial charge in [0.05, 0.1) is 23.9 Å². The zero-order chi connectivity index (χ0) is 12.5. The van der Waals surface area contributed by atoms with Crippen LogP contribution in [0.2, 0.25) is 0 Å². The number of benzene rings is 1. The lowest BCUT2D eigenvalue weighted by molar-refractivity contribution is -0.137. The van der Waals surface area contributed by atoms with Crippen molar-refractivity contribution in [2.45, 2.75) is 18.6 Å². The first-order valence-electron chi connectivity index (χ1n) is 5.18. The van der Waals surface area contributed by atoms with E-state index in [0.717, 1.165) is 18.2 Å². The minimum atomic E-state index is -4.46. The number of anilines is 1. The van der Waals surface area contributed by atoms with Crippen molar-refractivity contribution in [2.75, 3.05) is 18.5 Å². The van der Waals surface area contributed by atoms with E-state index in [9.17, 15) is 17.6 Å². The predicted octanol–water partition coefficient (Wildman–Crippen LogP) is 3.05. The van der Waals surface area contributed by atoms with E-state index in [2.05, 4.69) is 5.32 Å². The lowest BCUT2D eigenvalue weighted by Crippen LogP contribution is -2.20. The third kappa shape index (κ3) is 2.88. The molecule has 0 amide bonds. The van der Waals surface area contributed by atoms with Gasteiger partial charge in [0.2, 0.25) is 0 Å². The highest BCUT2D eigenvalue weighted by molar-refractivity contribution is 5.48. The Hall–Kier alpha value is -1.30. The van der Waals surface area contributed by atoms with Crippen LogP contribution in [-0.2, 0) is 10.9 Å². The summed E-state index contributed by atoms with van der Waals surface area (Å²) in [7, 11) is 0. The van der Waals surface area contributed by atoms with E-state index in [1.54, 1.807) is 0 Å². The monoisotopic (exact) mass is 249 g/mol. The second-order valence-electron chi connectivity index (χ2n) is 3.90. The Morgan fingerprint density at radius 2 is 2.06 bits per heavy atom. The summed E-state index contributed by atoms with van der Waals surface area (Å²) >= 11 is 0. The molecule has 0 aliphatic carbocycles. The van der Waals surface area contributed by atoms with Crippen molar-refractivity contribution in [3.05, 3.63) is 29.6 Å². The minimum absolute atomic E-state index is 0.129. The van der Waals surface area contributed by atoms with E-state index in [1.165, 1.54) is 0 Å². The lowest BCUT2D eigenvalue weighted by atomic mass is 10.1. The minimum Gasteiger partial charge on any atom is -0.379 e. The Balaban J connectivity index is 2.20. The SMILES string of the molecule is Fc1ccc(C(F)(F)F)cc1NC1CCOC1. The fourth-order valence-electron chi connectivity index (χ4n) is 1.68. The zero-order valence-corrected chi connectivity index (χ0v) is 8.85. The van der Waals surface area contributed by atoms with Crippen LogP contribution >= 0.6 is 0 Å². The summed E-state index contributed by atoms with van der Waals surface area (Å²) in [6.07, 6.45) is -3.80. The Morgan fingerprint density at radius 1 is 1.29 bits per heavy atom. The van der Waals surface area contributed by atoms with Crippen molar-refractivity contribution >= 4 is 5.69 Å². The smallest absolute Gasteiger partial charge is 0.379 e. The fraction of sp³-hybridized carbons (Fsp3) is 0.455. The second-order valence-corrected chi connectivity index (χ2v) is 3.90. The third-order valence-electron chi connectivity index (χ3n) is 2.58. The molecular formula is C11H11F4NO. The Kier molecular flexibility index (Phi) is 3.24. The molecule has 1 heterocycles. The van der Waals surface area contributed by atoms with E-state index >= 15 is 0 Å². The molecule has 0 saturated carbocycles. The van der Waals surface area contributed by atoms with Gasteiger partial charge in [-0.25, -0.2) is 4.39 Å². The van der Waals surface area contributed by atoms with E-state index in [1.807, 2.05) is 0 Å². The van der Waals surface area contributed by atoms with Gasteiger partial charge < -0.3 is 10.1 Å². The first-order chi connectivity index (χ1) is 7.97. The third-order valence-corrected chi connectivity index (χ3v) is 2.58. The van der Waals surface area contributed by atoms with Crippen molar-refractivity contribution in [2.24, 2.45) is 0 Å². The van der Waals surface area contributed by atoms with Gasteiger partial charge >= 0.3 is 6.18 Å². The van der Waals surface area contributed by atoms with E-state index in [4.69, 9.17) is 4.74 Å². The van der Waals surface area contributed by atoms with Crippen LogP contribution in [0.25, 0.3) is 0 Å². The van der Waals surface area contributed by atoms with E-state index in [0.29, 0.717) is 19.6 Å². The average molecular weight is 249 g/mol. The van der Waals surface area contributed by atoms with Crippen molar-refractivity contribution < 1.29 is 22.3 Å². The van der Waals surface area contributed by atoms with Gasteiger partial charge in [-0.2, -0.15) is 13.2 Å². The van der Waals surface area contributed by atoms with Crippen molar-refractivity contribution in [1.82, 2.24) is 0 Å². The number of rotatable bonds is 2. The fourth-order valence-corrected chi connectivity index (χ4v) is 1.68. The number of alkyl halides is 3. The summed E-state index contributed by atoms with van der Waals surface area (Å²) < 4.78 is 55.7. The van der Waals surface area contributed by atoms with Gasteiger partial charge in [-0.15, -0.1) is 0 Å². The van der Waals surface area contributed by atoms with Gasteiger partial charge in [-0.1, -0.05) is 0 Å². The summed E-state index contributed by atoms with van der Waals surface area (Å²) in [5, 5.41) is 2.72. The van der Waals surface area contributed by atoms with Gasteiger partial charge in [-0.3, -0.25) is 0 Å². The highest BCUT2D eigenvalue weighted by atomic mass is 19.4.